The van der Waals surface area contributed by atoms with Crippen molar-refractivity contribution in [3.05, 3.63) is 120 Å². The fourth-order valence-electron chi connectivity index (χ4n) is 4.50. The number of benzene rings is 4. The summed E-state index contributed by atoms with van der Waals surface area (Å²) in [5.41, 5.74) is 1.59. The number of amides is 3. The quantitative estimate of drug-likeness (QED) is 0.219. The Balaban J connectivity index is 1.66. The van der Waals surface area contributed by atoms with Crippen molar-refractivity contribution in [2.24, 2.45) is 0 Å². The maximum absolute atomic E-state index is 14.0. The van der Waals surface area contributed by atoms with Gasteiger partial charge in [0.05, 0.1) is 14.2 Å². The van der Waals surface area contributed by atoms with E-state index in [-0.39, 0.29) is 12.2 Å². The van der Waals surface area contributed by atoms with Gasteiger partial charge in [-0.25, -0.2) is 8.78 Å². The van der Waals surface area contributed by atoms with Gasteiger partial charge in [0.25, 0.3) is 0 Å². The summed E-state index contributed by atoms with van der Waals surface area (Å²) in [6.45, 7) is 0.143. The van der Waals surface area contributed by atoms with Gasteiger partial charge in [-0.15, -0.1) is 0 Å². The Kier molecular flexibility index (Phi) is 11.4. The minimum atomic E-state index is -2.02. The van der Waals surface area contributed by atoms with Gasteiger partial charge in [0.1, 0.15) is 29.2 Å². The highest BCUT2D eigenvalue weighted by molar-refractivity contribution is 7.86. The van der Waals surface area contributed by atoms with E-state index < -0.39 is 57.7 Å². The number of carbonyl (C=O) groups is 3. The van der Waals surface area contributed by atoms with Gasteiger partial charge in [0.15, 0.2) is 11.5 Å². The van der Waals surface area contributed by atoms with Gasteiger partial charge in [0.2, 0.25) is 17.7 Å². The van der Waals surface area contributed by atoms with E-state index in [4.69, 9.17) is 9.47 Å². The van der Waals surface area contributed by atoms with Gasteiger partial charge in [-0.1, -0.05) is 36.4 Å². The molecule has 234 valence electrons. The molecule has 0 aliphatic heterocycles. The smallest absolute Gasteiger partial charge is 0.248 e. The first-order valence-corrected chi connectivity index (χ1v) is 15.2. The van der Waals surface area contributed by atoms with E-state index in [1.807, 2.05) is 30.3 Å². The van der Waals surface area contributed by atoms with E-state index in [1.54, 1.807) is 18.2 Å². The molecule has 9 nitrogen and oxygen atoms in total. The first-order valence-electron chi connectivity index (χ1n) is 13.7. The predicted octanol–water partition coefficient (Wildman–Crippen LogP) is 4.76. The Morgan fingerprint density at radius 1 is 0.800 bits per heavy atom. The van der Waals surface area contributed by atoms with E-state index >= 15 is 0 Å². The SMILES string of the molecule is COc1ccc([C@@H](C(=O)NCc2ccccc2)N(C(=O)C[S@](=O)CC(=O)Nc2ccc(F)cc2)c2ccc(F)cc2)cc1OC. The number of anilines is 2. The summed E-state index contributed by atoms with van der Waals surface area (Å²) in [6, 6.07) is 22.5. The third-order valence-corrected chi connectivity index (χ3v) is 7.77. The highest BCUT2D eigenvalue weighted by Crippen LogP contribution is 2.34. The van der Waals surface area contributed by atoms with Gasteiger partial charge in [-0.2, -0.15) is 0 Å². The molecule has 45 heavy (non-hydrogen) atoms. The molecule has 0 saturated heterocycles. The Bertz CT molecular complexity index is 1650. The molecule has 0 aromatic heterocycles. The number of nitrogens with one attached hydrogen (secondary N) is 2. The molecule has 0 spiro atoms. The molecule has 0 aliphatic rings. The average Bonchev–Trinajstić information content (AvgIpc) is 3.04. The molecule has 0 heterocycles. The molecule has 0 unspecified atom stereocenters. The van der Waals surface area contributed by atoms with Gasteiger partial charge in [0, 0.05) is 28.7 Å². The highest BCUT2D eigenvalue weighted by Gasteiger charge is 2.34. The summed E-state index contributed by atoms with van der Waals surface area (Å²) >= 11 is 0. The van der Waals surface area contributed by atoms with Crippen molar-refractivity contribution in [1.29, 1.82) is 0 Å². The minimum Gasteiger partial charge on any atom is -0.493 e. The van der Waals surface area contributed by atoms with E-state index in [9.17, 15) is 27.4 Å². The van der Waals surface area contributed by atoms with E-state index in [0.717, 1.165) is 34.7 Å². The monoisotopic (exact) mass is 635 g/mol. The van der Waals surface area contributed by atoms with Crippen LogP contribution in [0.2, 0.25) is 0 Å². The van der Waals surface area contributed by atoms with Crippen LogP contribution in [-0.2, 0) is 31.7 Å². The van der Waals surface area contributed by atoms with Crippen molar-refractivity contribution >= 4 is 39.9 Å². The second-order valence-corrected chi connectivity index (χ2v) is 11.2. The number of carbonyl (C=O) groups excluding carboxylic acids is 3. The zero-order valence-electron chi connectivity index (χ0n) is 24.5. The van der Waals surface area contributed by atoms with Gasteiger partial charge in [-0.3, -0.25) is 23.5 Å². The Morgan fingerprint density at radius 2 is 1.42 bits per heavy atom. The van der Waals surface area contributed by atoms with Crippen molar-refractivity contribution < 1.29 is 36.8 Å². The number of ether oxygens (including phenoxy) is 2. The summed E-state index contributed by atoms with van der Waals surface area (Å²) in [7, 11) is 0.866. The average molecular weight is 636 g/mol. The first-order chi connectivity index (χ1) is 21.7. The first kappa shape index (κ1) is 32.8. The van der Waals surface area contributed by atoms with Gasteiger partial charge < -0.3 is 20.1 Å². The summed E-state index contributed by atoms with van der Waals surface area (Å²) in [4.78, 5) is 41.5. The number of methoxy groups -OCH3 is 2. The molecule has 12 heteroatoms. The van der Waals surface area contributed by atoms with E-state index in [1.165, 1.54) is 38.5 Å². The number of nitrogens with zero attached hydrogens (tertiary/aromatic N) is 1. The zero-order valence-corrected chi connectivity index (χ0v) is 25.3. The second kappa shape index (κ2) is 15.6. The fraction of sp³-hybridized carbons (Fsp3) is 0.182. The van der Waals surface area contributed by atoms with Crippen molar-refractivity contribution in [1.82, 2.24) is 5.32 Å². The molecule has 4 aromatic carbocycles. The van der Waals surface area contributed by atoms with Crippen LogP contribution in [0.15, 0.2) is 97.1 Å². The molecule has 0 fully saturated rings. The Hall–Kier alpha value is -5.10. The molecular formula is C33H31F2N3O6S. The third kappa shape index (κ3) is 8.96. The predicted molar refractivity (Wildman–Crippen MR) is 167 cm³/mol. The molecule has 3 amide bonds. The van der Waals surface area contributed by atoms with Crippen LogP contribution < -0.4 is 25.0 Å². The maximum atomic E-state index is 14.0. The second-order valence-electron chi connectivity index (χ2n) is 9.74. The molecule has 2 N–H and O–H groups in total. The minimum absolute atomic E-state index is 0.143. The summed E-state index contributed by atoms with van der Waals surface area (Å²) in [5, 5.41) is 5.36. The molecule has 0 aliphatic carbocycles. The van der Waals surface area contributed by atoms with E-state index in [0.29, 0.717) is 22.7 Å². The molecular weight excluding hydrogens is 604 g/mol. The number of hydrogen-bond donors (Lipinski definition) is 2. The number of halogens is 2. The zero-order chi connectivity index (χ0) is 32.3. The third-order valence-electron chi connectivity index (χ3n) is 6.62. The molecule has 4 aromatic rings. The topological polar surface area (TPSA) is 114 Å². The van der Waals surface area contributed by atoms with Crippen molar-refractivity contribution in [2.75, 3.05) is 35.9 Å². The summed E-state index contributed by atoms with van der Waals surface area (Å²) in [5.74, 6) is -3.54. The molecule has 2 atom stereocenters. The van der Waals surface area contributed by atoms with Crippen LogP contribution in [0.4, 0.5) is 20.2 Å². The van der Waals surface area contributed by atoms with Crippen LogP contribution in [0.5, 0.6) is 11.5 Å². The van der Waals surface area contributed by atoms with Gasteiger partial charge in [-0.05, 0) is 71.8 Å². The van der Waals surface area contributed by atoms with Crippen LogP contribution >= 0.6 is 0 Å². The highest BCUT2D eigenvalue weighted by atomic mass is 32.2. The standard InChI is InChI=1S/C33H31F2N3O6S/c1-43-28-17-8-23(18-29(28)44-2)32(33(41)36-19-22-6-4-3-5-7-22)38(27-15-11-25(35)12-16-27)31(40)21-45(42)20-30(39)37-26-13-9-24(34)10-14-26/h3-18,32H,19-21H2,1-2H3,(H,36,41)(H,37,39)/t32-,45+/m0/s1. The lowest BCUT2D eigenvalue weighted by atomic mass is 10.0. The fourth-order valence-corrected chi connectivity index (χ4v) is 5.38. The van der Waals surface area contributed by atoms with Crippen molar-refractivity contribution in [3.8, 4) is 11.5 Å². The van der Waals surface area contributed by atoms with Crippen LogP contribution in [0.1, 0.15) is 17.2 Å². The lowest BCUT2D eigenvalue weighted by Gasteiger charge is -2.32. The lowest BCUT2D eigenvalue weighted by molar-refractivity contribution is -0.126. The van der Waals surface area contributed by atoms with Crippen LogP contribution in [0.3, 0.4) is 0 Å². The Labute approximate surface area is 261 Å². The molecule has 4 rings (SSSR count). The Morgan fingerprint density at radius 3 is 2.04 bits per heavy atom. The molecule has 0 radical (unpaired) electrons. The van der Waals surface area contributed by atoms with Crippen LogP contribution in [0, 0.1) is 11.6 Å². The van der Waals surface area contributed by atoms with Crippen molar-refractivity contribution in [2.45, 2.75) is 12.6 Å². The molecule has 0 bridgehead atoms. The molecule has 0 saturated carbocycles. The van der Waals surface area contributed by atoms with E-state index in [2.05, 4.69) is 10.6 Å². The lowest BCUT2D eigenvalue weighted by Crippen LogP contribution is -2.45. The normalized spacial score (nSPS) is 12.0. The van der Waals surface area contributed by atoms with Crippen LogP contribution in [-0.4, -0.2) is 47.7 Å². The van der Waals surface area contributed by atoms with Gasteiger partial charge >= 0.3 is 0 Å². The van der Waals surface area contributed by atoms with Crippen LogP contribution in [0.25, 0.3) is 0 Å². The number of rotatable bonds is 13. The van der Waals surface area contributed by atoms with Crippen molar-refractivity contribution in [3.63, 3.8) is 0 Å². The maximum Gasteiger partial charge on any atom is 0.248 e. The summed E-state index contributed by atoms with van der Waals surface area (Å²) < 4.78 is 51.0. The summed E-state index contributed by atoms with van der Waals surface area (Å²) in [6.07, 6.45) is 0. The largest absolute Gasteiger partial charge is 0.493 e. The number of hydrogen-bond acceptors (Lipinski definition) is 6.